The number of esters is 1. The van der Waals surface area contributed by atoms with Crippen LogP contribution in [0.25, 0.3) is 0 Å². The highest BCUT2D eigenvalue weighted by atomic mass is 16.5. The average Bonchev–Trinajstić information content (AvgIpc) is 2.00. The first-order valence-corrected chi connectivity index (χ1v) is 5.60. The lowest BCUT2D eigenvalue weighted by Gasteiger charge is -2.13. The van der Waals surface area contributed by atoms with Crippen molar-refractivity contribution >= 4 is 11.8 Å². The maximum atomic E-state index is 11.1. The van der Waals surface area contributed by atoms with Gasteiger partial charge in [-0.2, -0.15) is 0 Å². The molecule has 0 aromatic rings. The van der Waals surface area contributed by atoms with Gasteiger partial charge in [0, 0.05) is 0 Å². The number of rotatable bonds is 7. The molecule has 1 atom stereocenters. The Hall–Kier alpha value is -0.860. The topological polar surface area (TPSA) is 43.4 Å². The summed E-state index contributed by atoms with van der Waals surface area (Å²) in [6.45, 7) is 7.61. The monoisotopic (exact) mass is 214 g/mol. The van der Waals surface area contributed by atoms with Crippen molar-refractivity contribution in [3.8, 4) is 0 Å². The average molecular weight is 214 g/mol. The summed E-state index contributed by atoms with van der Waals surface area (Å²) in [6, 6.07) is 0. The fraction of sp³-hybridized carbons (Fsp3) is 0.833. The van der Waals surface area contributed by atoms with Crippen LogP contribution >= 0.6 is 0 Å². The third-order valence-electron chi connectivity index (χ3n) is 2.12. The molecule has 0 N–H and O–H groups in total. The molecule has 0 saturated heterocycles. The van der Waals surface area contributed by atoms with E-state index < -0.39 is 5.97 Å². The summed E-state index contributed by atoms with van der Waals surface area (Å²) in [5, 5.41) is 0. The second kappa shape index (κ2) is 7.43. The van der Waals surface area contributed by atoms with Gasteiger partial charge in [-0.25, -0.2) is 0 Å². The molecule has 0 radical (unpaired) electrons. The van der Waals surface area contributed by atoms with Gasteiger partial charge in [0.05, 0.1) is 6.10 Å². The Balaban J connectivity index is 3.59. The van der Waals surface area contributed by atoms with E-state index in [2.05, 4.69) is 13.8 Å². The zero-order valence-electron chi connectivity index (χ0n) is 10.2. The van der Waals surface area contributed by atoms with Gasteiger partial charge in [0.1, 0.15) is 12.2 Å². The number of ether oxygens (including phenoxy) is 1. The van der Waals surface area contributed by atoms with Gasteiger partial charge in [-0.05, 0) is 32.6 Å². The second-order valence-electron chi connectivity index (χ2n) is 4.50. The number of Topliss-reactive ketones (excluding diaryl/α,β-unsaturated/α-hetero) is 1. The Morgan fingerprint density at radius 1 is 1.13 bits per heavy atom. The fourth-order valence-electron chi connectivity index (χ4n) is 1.34. The number of ketones is 1. The smallest absolute Gasteiger partial charge is 0.313 e. The molecule has 0 bridgehead atoms. The van der Waals surface area contributed by atoms with E-state index in [4.69, 9.17) is 4.74 Å². The Labute approximate surface area is 92.2 Å². The molecule has 0 aliphatic carbocycles. The predicted molar refractivity (Wildman–Crippen MR) is 59.5 cm³/mol. The number of hydrogen-bond donors (Lipinski definition) is 0. The van der Waals surface area contributed by atoms with Crippen molar-refractivity contribution in [3.05, 3.63) is 0 Å². The van der Waals surface area contributed by atoms with Crippen LogP contribution in [0.2, 0.25) is 0 Å². The molecule has 3 nitrogen and oxygen atoms in total. The van der Waals surface area contributed by atoms with Crippen molar-refractivity contribution in [3.63, 3.8) is 0 Å². The molecule has 3 heteroatoms. The summed E-state index contributed by atoms with van der Waals surface area (Å²) in [4.78, 5) is 21.8. The molecule has 15 heavy (non-hydrogen) atoms. The largest absolute Gasteiger partial charge is 0.462 e. The van der Waals surface area contributed by atoms with Crippen molar-refractivity contribution in [1.82, 2.24) is 0 Å². The van der Waals surface area contributed by atoms with Crippen molar-refractivity contribution in [2.24, 2.45) is 5.92 Å². The predicted octanol–water partition coefficient (Wildman–Crippen LogP) is 2.72. The Morgan fingerprint density at radius 3 is 2.20 bits per heavy atom. The molecule has 88 valence electrons. The first-order chi connectivity index (χ1) is 6.91. The molecule has 0 saturated carbocycles. The molecule has 0 spiro atoms. The van der Waals surface area contributed by atoms with Crippen LogP contribution < -0.4 is 0 Å². The van der Waals surface area contributed by atoms with Crippen LogP contribution in [0.15, 0.2) is 0 Å². The normalized spacial score (nSPS) is 12.6. The van der Waals surface area contributed by atoms with Crippen LogP contribution in [-0.4, -0.2) is 17.9 Å². The van der Waals surface area contributed by atoms with Crippen molar-refractivity contribution in [1.29, 1.82) is 0 Å². The minimum Gasteiger partial charge on any atom is -0.462 e. The van der Waals surface area contributed by atoms with Crippen LogP contribution in [0.5, 0.6) is 0 Å². The number of carbonyl (C=O) groups is 2. The second-order valence-corrected chi connectivity index (χ2v) is 4.50. The molecule has 0 amide bonds. The highest BCUT2D eigenvalue weighted by molar-refractivity contribution is 5.94. The zero-order valence-corrected chi connectivity index (χ0v) is 10.2. The highest BCUT2D eigenvalue weighted by Crippen LogP contribution is 2.10. The molecule has 0 aliphatic heterocycles. The van der Waals surface area contributed by atoms with Crippen LogP contribution in [0, 0.1) is 5.92 Å². The van der Waals surface area contributed by atoms with Gasteiger partial charge in [-0.15, -0.1) is 0 Å². The molecule has 0 aromatic heterocycles. The van der Waals surface area contributed by atoms with E-state index in [-0.39, 0.29) is 18.3 Å². The fourth-order valence-corrected chi connectivity index (χ4v) is 1.34. The van der Waals surface area contributed by atoms with E-state index >= 15 is 0 Å². The minimum atomic E-state index is -0.403. The molecule has 0 heterocycles. The maximum Gasteiger partial charge on any atom is 0.313 e. The van der Waals surface area contributed by atoms with Gasteiger partial charge in [0.2, 0.25) is 0 Å². The highest BCUT2D eigenvalue weighted by Gasteiger charge is 2.11. The van der Waals surface area contributed by atoms with E-state index in [0.717, 1.165) is 19.3 Å². The molecule has 0 fully saturated rings. The lowest BCUT2D eigenvalue weighted by Crippen LogP contribution is -2.16. The molecule has 0 unspecified atom stereocenters. The first kappa shape index (κ1) is 14.1. The van der Waals surface area contributed by atoms with E-state index in [9.17, 15) is 9.59 Å². The molecule has 0 rings (SSSR count). The van der Waals surface area contributed by atoms with Gasteiger partial charge in [0.25, 0.3) is 0 Å². The summed E-state index contributed by atoms with van der Waals surface area (Å²) >= 11 is 0. The summed E-state index contributed by atoms with van der Waals surface area (Å²) in [5.74, 6) is 0.138. The van der Waals surface area contributed by atoms with Gasteiger partial charge in [-0.3, -0.25) is 9.59 Å². The van der Waals surface area contributed by atoms with Crippen molar-refractivity contribution < 1.29 is 14.3 Å². The van der Waals surface area contributed by atoms with Crippen molar-refractivity contribution in [2.75, 3.05) is 0 Å². The lowest BCUT2D eigenvalue weighted by molar-refractivity contribution is -0.150. The van der Waals surface area contributed by atoms with E-state index in [0.29, 0.717) is 5.92 Å². The standard InChI is InChI=1S/C12H22O3/c1-9(2)6-5-7-11(4)15-12(14)8-10(3)13/h9,11H,5-8H2,1-4H3/t11-/m1/s1. The molecular weight excluding hydrogens is 192 g/mol. The summed E-state index contributed by atoms with van der Waals surface area (Å²) in [5.41, 5.74) is 0. The van der Waals surface area contributed by atoms with E-state index in [1.165, 1.54) is 6.92 Å². The van der Waals surface area contributed by atoms with Crippen molar-refractivity contribution in [2.45, 2.75) is 59.5 Å². The van der Waals surface area contributed by atoms with Gasteiger partial charge in [0.15, 0.2) is 0 Å². The SMILES string of the molecule is CC(=O)CC(=O)O[C@H](C)CCCC(C)C. The van der Waals surface area contributed by atoms with Gasteiger partial charge < -0.3 is 4.74 Å². The van der Waals surface area contributed by atoms with E-state index in [1.807, 2.05) is 6.92 Å². The molecule has 0 aromatic carbocycles. The van der Waals surface area contributed by atoms with Crippen LogP contribution in [0.1, 0.15) is 53.4 Å². The van der Waals surface area contributed by atoms with E-state index in [1.54, 1.807) is 0 Å². The Kier molecular flexibility index (Phi) is 7.01. The number of carbonyl (C=O) groups excluding carboxylic acids is 2. The van der Waals surface area contributed by atoms with Gasteiger partial charge in [-0.1, -0.05) is 20.3 Å². The Morgan fingerprint density at radius 2 is 1.73 bits per heavy atom. The maximum absolute atomic E-state index is 11.1. The summed E-state index contributed by atoms with van der Waals surface area (Å²) in [7, 11) is 0. The number of hydrogen-bond acceptors (Lipinski definition) is 3. The summed E-state index contributed by atoms with van der Waals surface area (Å²) < 4.78 is 5.08. The first-order valence-electron chi connectivity index (χ1n) is 5.60. The molecular formula is C12H22O3. The third-order valence-corrected chi connectivity index (χ3v) is 2.12. The minimum absolute atomic E-state index is 0.0735. The zero-order chi connectivity index (χ0) is 11.8. The van der Waals surface area contributed by atoms with Gasteiger partial charge >= 0.3 is 5.97 Å². The lowest BCUT2D eigenvalue weighted by atomic mass is 10.0. The van der Waals surface area contributed by atoms with Crippen LogP contribution in [0.4, 0.5) is 0 Å². The van der Waals surface area contributed by atoms with Crippen LogP contribution in [0.3, 0.4) is 0 Å². The Bertz CT molecular complexity index is 209. The quantitative estimate of drug-likeness (QED) is 0.483. The summed E-state index contributed by atoms with van der Waals surface area (Å²) in [6.07, 6.45) is 2.91. The third kappa shape index (κ3) is 9.44. The molecule has 0 aliphatic rings. The van der Waals surface area contributed by atoms with Crippen LogP contribution in [-0.2, 0) is 14.3 Å².